The van der Waals surface area contributed by atoms with Crippen molar-refractivity contribution in [3.05, 3.63) is 65.5 Å². The van der Waals surface area contributed by atoms with Gasteiger partial charge in [0.2, 0.25) is 0 Å². The molecule has 0 spiro atoms. The van der Waals surface area contributed by atoms with Gasteiger partial charge >= 0.3 is 0 Å². The Morgan fingerprint density at radius 2 is 1.52 bits per heavy atom. The molecule has 0 saturated carbocycles. The van der Waals surface area contributed by atoms with Gasteiger partial charge in [-0.1, -0.05) is 38.1 Å². The molecule has 0 aliphatic carbocycles. The van der Waals surface area contributed by atoms with Gasteiger partial charge < -0.3 is 5.73 Å². The molecule has 112 valence electrons. The van der Waals surface area contributed by atoms with Crippen molar-refractivity contribution in [2.45, 2.75) is 30.7 Å². The molecule has 0 aliphatic heterocycles. The zero-order chi connectivity index (χ0) is 15.4. The van der Waals surface area contributed by atoms with Gasteiger partial charge in [-0.2, -0.15) is 0 Å². The zero-order valence-electron chi connectivity index (χ0n) is 12.3. The van der Waals surface area contributed by atoms with E-state index >= 15 is 0 Å². The molecule has 21 heavy (non-hydrogen) atoms. The molecule has 2 nitrogen and oxygen atoms in total. The first-order valence-corrected chi connectivity index (χ1v) is 8.28. The van der Waals surface area contributed by atoms with Crippen molar-refractivity contribution < 1.29 is 8.60 Å². The van der Waals surface area contributed by atoms with Gasteiger partial charge in [-0.3, -0.25) is 4.21 Å². The first-order valence-electron chi connectivity index (χ1n) is 6.96. The number of halogens is 1. The van der Waals surface area contributed by atoms with Crippen molar-refractivity contribution in [1.82, 2.24) is 0 Å². The number of hydrogen-bond donors (Lipinski definition) is 1. The third-order valence-corrected chi connectivity index (χ3v) is 4.90. The molecule has 0 bridgehead atoms. The van der Waals surface area contributed by atoms with Gasteiger partial charge in [0.15, 0.2) is 0 Å². The first-order chi connectivity index (χ1) is 9.97. The van der Waals surface area contributed by atoms with Crippen molar-refractivity contribution in [3.63, 3.8) is 0 Å². The van der Waals surface area contributed by atoms with Crippen LogP contribution in [0, 0.1) is 5.82 Å². The average Bonchev–Trinajstić information content (AvgIpc) is 2.47. The molecule has 0 aliphatic rings. The summed E-state index contributed by atoms with van der Waals surface area (Å²) in [6.07, 6.45) is 0. The molecule has 2 rings (SSSR count). The summed E-state index contributed by atoms with van der Waals surface area (Å²) in [4.78, 5) is 0.602. The van der Waals surface area contributed by atoms with Gasteiger partial charge in [0.05, 0.1) is 10.8 Å². The highest BCUT2D eigenvalue weighted by Crippen LogP contribution is 2.19. The van der Waals surface area contributed by atoms with E-state index in [1.54, 1.807) is 12.1 Å². The summed E-state index contributed by atoms with van der Waals surface area (Å²) in [5.74, 6) is 0.472. The second kappa shape index (κ2) is 6.96. The van der Waals surface area contributed by atoms with E-state index in [0.717, 1.165) is 5.56 Å². The van der Waals surface area contributed by atoms with Gasteiger partial charge in [-0.15, -0.1) is 0 Å². The lowest BCUT2D eigenvalue weighted by atomic mass is 10.00. The Morgan fingerprint density at radius 3 is 2.05 bits per heavy atom. The highest BCUT2D eigenvalue weighted by molar-refractivity contribution is 7.85. The number of nitrogens with two attached hydrogens (primary N) is 1. The van der Waals surface area contributed by atoms with E-state index in [0.29, 0.717) is 16.6 Å². The minimum atomic E-state index is -1.23. The van der Waals surface area contributed by atoms with E-state index in [-0.39, 0.29) is 11.9 Å². The monoisotopic (exact) mass is 305 g/mol. The molecular weight excluding hydrogens is 285 g/mol. The number of rotatable bonds is 5. The van der Waals surface area contributed by atoms with Crippen LogP contribution in [0.25, 0.3) is 0 Å². The topological polar surface area (TPSA) is 43.1 Å². The molecule has 0 aromatic heterocycles. The van der Waals surface area contributed by atoms with E-state index in [2.05, 4.69) is 26.0 Å². The molecule has 4 heteroatoms. The Kier molecular flexibility index (Phi) is 5.26. The fourth-order valence-corrected chi connectivity index (χ4v) is 3.22. The van der Waals surface area contributed by atoms with Crippen molar-refractivity contribution >= 4 is 10.8 Å². The molecule has 0 saturated heterocycles. The van der Waals surface area contributed by atoms with Crippen molar-refractivity contribution in [2.75, 3.05) is 5.75 Å². The molecule has 0 amide bonds. The average molecular weight is 305 g/mol. The summed E-state index contributed by atoms with van der Waals surface area (Å²) < 4.78 is 25.1. The Labute approximate surface area is 127 Å². The lowest BCUT2D eigenvalue weighted by Gasteiger charge is -2.13. The minimum absolute atomic E-state index is 0.294. The van der Waals surface area contributed by atoms with E-state index in [4.69, 9.17) is 5.73 Å². The minimum Gasteiger partial charge on any atom is -0.323 e. The molecule has 0 heterocycles. The van der Waals surface area contributed by atoms with Crippen LogP contribution in [-0.4, -0.2) is 9.96 Å². The standard InChI is InChI=1S/C17H20FNOS/c1-12(2)13-3-5-14(6-4-13)17(19)11-21(20)16-9-7-15(18)8-10-16/h3-10,12,17H,11,19H2,1-2H3. The van der Waals surface area contributed by atoms with E-state index in [1.807, 2.05) is 12.1 Å². The highest BCUT2D eigenvalue weighted by atomic mass is 32.2. The second-order valence-corrected chi connectivity index (χ2v) is 6.89. The van der Waals surface area contributed by atoms with E-state index < -0.39 is 10.8 Å². The summed E-state index contributed by atoms with van der Waals surface area (Å²) >= 11 is 0. The maximum Gasteiger partial charge on any atom is 0.123 e. The van der Waals surface area contributed by atoms with E-state index in [9.17, 15) is 8.60 Å². The fraction of sp³-hybridized carbons (Fsp3) is 0.294. The third-order valence-electron chi connectivity index (χ3n) is 3.44. The Hall–Kier alpha value is -1.52. The molecule has 2 aromatic carbocycles. The predicted molar refractivity (Wildman–Crippen MR) is 85.1 cm³/mol. The normalized spacial score (nSPS) is 14.1. The maximum absolute atomic E-state index is 12.9. The van der Waals surface area contributed by atoms with E-state index in [1.165, 1.54) is 17.7 Å². The smallest absolute Gasteiger partial charge is 0.123 e. The molecule has 2 atom stereocenters. The summed E-state index contributed by atoms with van der Waals surface area (Å²) in [7, 11) is -1.23. The van der Waals surface area contributed by atoms with Crippen LogP contribution in [-0.2, 0) is 10.8 Å². The quantitative estimate of drug-likeness (QED) is 0.914. The van der Waals surface area contributed by atoms with Crippen molar-refractivity contribution in [2.24, 2.45) is 5.73 Å². The summed E-state index contributed by atoms with van der Waals surface area (Å²) in [6, 6.07) is 13.5. The van der Waals surface area contributed by atoms with Crippen molar-refractivity contribution in [1.29, 1.82) is 0 Å². The van der Waals surface area contributed by atoms with Crippen LogP contribution in [0.5, 0.6) is 0 Å². The summed E-state index contributed by atoms with van der Waals surface area (Å²) in [5, 5.41) is 0. The van der Waals surface area contributed by atoms with Crippen LogP contribution in [0.15, 0.2) is 53.4 Å². The molecule has 2 N–H and O–H groups in total. The van der Waals surface area contributed by atoms with Gasteiger partial charge in [0, 0.05) is 16.7 Å². The lowest BCUT2D eigenvalue weighted by Crippen LogP contribution is -2.18. The SMILES string of the molecule is CC(C)c1ccc(C(N)CS(=O)c2ccc(F)cc2)cc1. The maximum atomic E-state index is 12.9. The zero-order valence-corrected chi connectivity index (χ0v) is 13.1. The molecule has 0 radical (unpaired) electrons. The fourth-order valence-electron chi connectivity index (χ4n) is 2.07. The Balaban J connectivity index is 2.05. The van der Waals surface area contributed by atoms with Gasteiger partial charge in [0.25, 0.3) is 0 Å². The summed E-state index contributed by atoms with van der Waals surface area (Å²) in [6.45, 7) is 4.27. The van der Waals surface area contributed by atoms with Crippen LogP contribution in [0.1, 0.15) is 36.9 Å². The highest BCUT2D eigenvalue weighted by Gasteiger charge is 2.12. The molecule has 2 unspecified atom stereocenters. The Bertz CT molecular complexity index is 608. The largest absolute Gasteiger partial charge is 0.323 e. The third kappa shape index (κ3) is 4.22. The lowest BCUT2D eigenvalue weighted by molar-refractivity contribution is 0.626. The molecule has 0 fully saturated rings. The van der Waals surface area contributed by atoms with Crippen molar-refractivity contribution in [3.8, 4) is 0 Å². The van der Waals surface area contributed by atoms with Crippen LogP contribution < -0.4 is 5.73 Å². The molecular formula is C17H20FNOS. The number of benzene rings is 2. The summed E-state index contributed by atoms with van der Waals surface area (Å²) in [5.41, 5.74) is 8.34. The van der Waals surface area contributed by atoms with Gasteiger partial charge in [-0.05, 0) is 41.3 Å². The number of hydrogen-bond acceptors (Lipinski definition) is 2. The molecule has 2 aromatic rings. The van der Waals surface area contributed by atoms with Gasteiger partial charge in [-0.25, -0.2) is 4.39 Å². The second-order valence-electron chi connectivity index (χ2n) is 5.39. The van der Waals surface area contributed by atoms with Crippen LogP contribution >= 0.6 is 0 Å². The Morgan fingerprint density at radius 1 is 1.00 bits per heavy atom. The van der Waals surface area contributed by atoms with Crippen LogP contribution in [0.2, 0.25) is 0 Å². The first kappa shape index (κ1) is 15.9. The van der Waals surface area contributed by atoms with Crippen LogP contribution in [0.4, 0.5) is 4.39 Å². The van der Waals surface area contributed by atoms with Gasteiger partial charge in [0.1, 0.15) is 5.82 Å². The van der Waals surface area contributed by atoms with Crippen LogP contribution in [0.3, 0.4) is 0 Å². The predicted octanol–water partition coefficient (Wildman–Crippen LogP) is 3.76.